The first kappa shape index (κ1) is 17.4. The van der Waals surface area contributed by atoms with Crippen molar-refractivity contribution in [3.63, 3.8) is 0 Å². The SMILES string of the molecule is Oc1ccc(C=Nc2ccc3oc(-c4ccc(Cl)cc4Cl)nc3c2)c(O)c1. The number of aromatic nitrogens is 1. The van der Waals surface area contributed by atoms with E-state index in [0.29, 0.717) is 43.9 Å². The highest BCUT2D eigenvalue weighted by Gasteiger charge is 2.12. The van der Waals surface area contributed by atoms with Gasteiger partial charge in [-0.15, -0.1) is 0 Å². The third-order valence-electron chi connectivity index (χ3n) is 3.90. The monoisotopic (exact) mass is 398 g/mol. The Hall–Kier alpha value is -3.02. The first-order valence-corrected chi connectivity index (χ1v) is 8.67. The lowest BCUT2D eigenvalue weighted by atomic mass is 10.2. The number of aliphatic imine (C=N–C) groups is 1. The van der Waals surface area contributed by atoms with Gasteiger partial charge in [-0.1, -0.05) is 23.2 Å². The lowest BCUT2D eigenvalue weighted by molar-refractivity contribution is 0.450. The molecule has 0 saturated carbocycles. The molecule has 2 N–H and O–H groups in total. The summed E-state index contributed by atoms with van der Waals surface area (Å²) >= 11 is 12.1. The molecule has 0 bridgehead atoms. The first-order chi connectivity index (χ1) is 13.0. The van der Waals surface area contributed by atoms with Gasteiger partial charge in [-0.05, 0) is 48.5 Å². The molecule has 134 valence electrons. The largest absolute Gasteiger partial charge is 0.508 e. The summed E-state index contributed by atoms with van der Waals surface area (Å²) in [5.41, 5.74) is 3.00. The van der Waals surface area contributed by atoms with Crippen LogP contribution < -0.4 is 0 Å². The van der Waals surface area contributed by atoms with E-state index in [0.717, 1.165) is 0 Å². The summed E-state index contributed by atoms with van der Waals surface area (Å²) in [5.74, 6) is 0.326. The van der Waals surface area contributed by atoms with Crippen molar-refractivity contribution >= 4 is 46.2 Å². The van der Waals surface area contributed by atoms with Crippen LogP contribution in [0.4, 0.5) is 5.69 Å². The van der Waals surface area contributed by atoms with Crippen molar-refractivity contribution in [3.05, 3.63) is 70.2 Å². The van der Waals surface area contributed by atoms with E-state index in [1.54, 1.807) is 42.5 Å². The molecular weight excluding hydrogens is 387 g/mol. The Balaban J connectivity index is 1.67. The average Bonchev–Trinajstić information content (AvgIpc) is 3.04. The summed E-state index contributed by atoms with van der Waals surface area (Å²) in [6, 6.07) is 14.7. The molecule has 0 amide bonds. The Morgan fingerprint density at radius 3 is 2.59 bits per heavy atom. The number of phenols is 2. The molecule has 0 unspecified atom stereocenters. The van der Waals surface area contributed by atoms with Gasteiger partial charge >= 0.3 is 0 Å². The Morgan fingerprint density at radius 2 is 1.81 bits per heavy atom. The van der Waals surface area contributed by atoms with Gasteiger partial charge in [-0.2, -0.15) is 0 Å². The normalized spacial score (nSPS) is 11.5. The van der Waals surface area contributed by atoms with Gasteiger partial charge in [0.2, 0.25) is 5.89 Å². The van der Waals surface area contributed by atoms with Crippen LogP contribution in [-0.4, -0.2) is 21.4 Å². The molecule has 3 aromatic carbocycles. The lowest BCUT2D eigenvalue weighted by Crippen LogP contribution is -1.81. The number of rotatable bonds is 3. The number of aromatic hydroxyl groups is 2. The van der Waals surface area contributed by atoms with Crippen LogP contribution in [0.3, 0.4) is 0 Å². The summed E-state index contributed by atoms with van der Waals surface area (Å²) in [5, 5.41) is 20.1. The predicted molar refractivity (Wildman–Crippen MR) is 106 cm³/mol. The van der Waals surface area contributed by atoms with E-state index in [1.165, 1.54) is 18.3 Å². The molecule has 0 fully saturated rings. The van der Waals surface area contributed by atoms with Crippen molar-refractivity contribution in [2.45, 2.75) is 0 Å². The number of nitrogens with zero attached hydrogens (tertiary/aromatic N) is 2. The van der Waals surface area contributed by atoms with E-state index in [9.17, 15) is 10.2 Å². The van der Waals surface area contributed by atoms with Gasteiger partial charge < -0.3 is 14.6 Å². The van der Waals surface area contributed by atoms with Gasteiger partial charge in [0, 0.05) is 22.9 Å². The summed E-state index contributed by atoms with van der Waals surface area (Å²) < 4.78 is 5.77. The molecule has 0 aliphatic rings. The number of benzene rings is 3. The van der Waals surface area contributed by atoms with Gasteiger partial charge in [0.1, 0.15) is 17.0 Å². The fourth-order valence-corrected chi connectivity index (χ4v) is 3.05. The first-order valence-electron chi connectivity index (χ1n) is 7.92. The zero-order valence-electron chi connectivity index (χ0n) is 13.7. The van der Waals surface area contributed by atoms with Gasteiger partial charge in [-0.3, -0.25) is 4.99 Å². The van der Waals surface area contributed by atoms with Crippen molar-refractivity contribution < 1.29 is 14.6 Å². The molecule has 0 spiro atoms. The van der Waals surface area contributed by atoms with Crippen LogP contribution in [0.5, 0.6) is 11.5 Å². The average molecular weight is 399 g/mol. The molecule has 5 nitrogen and oxygen atoms in total. The Bertz CT molecular complexity index is 1190. The standard InChI is InChI=1S/C20H12Cl2N2O3/c21-12-2-5-15(16(22)7-12)20-24-17-8-13(3-6-19(17)27-20)23-10-11-1-4-14(25)9-18(11)26/h1-10,25-26H. The predicted octanol–water partition coefficient (Wildman–Crippen LogP) is 5.96. The van der Waals surface area contributed by atoms with Crippen LogP contribution in [0.1, 0.15) is 5.56 Å². The highest BCUT2D eigenvalue weighted by Crippen LogP contribution is 2.33. The van der Waals surface area contributed by atoms with E-state index in [1.807, 2.05) is 0 Å². The number of halogens is 2. The molecule has 0 radical (unpaired) electrons. The second kappa shape index (κ2) is 6.95. The fraction of sp³-hybridized carbons (Fsp3) is 0. The number of hydrogen-bond acceptors (Lipinski definition) is 5. The zero-order chi connectivity index (χ0) is 19.0. The summed E-state index contributed by atoms with van der Waals surface area (Å²) in [4.78, 5) is 8.80. The highest BCUT2D eigenvalue weighted by atomic mass is 35.5. The maximum absolute atomic E-state index is 9.82. The molecule has 0 aliphatic heterocycles. The summed E-state index contributed by atoms with van der Waals surface area (Å²) in [7, 11) is 0. The zero-order valence-corrected chi connectivity index (χ0v) is 15.2. The fourth-order valence-electron chi connectivity index (χ4n) is 2.56. The molecule has 0 saturated heterocycles. The van der Waals surface area contributed by atoms with Crippen LogP contribution in [-0.2, 0) is 0 Å². The second-order valence-corrected chi connectivity index (χ2v) is 6.64. The third-order valence-corrected chi connectivity index (χ3v) is 4.45. The van der Waals surface area contributed by atoms with Crippen LogP contribution >= 0.6 is 23.2 Å². The second-order valence-electron chi connectivity index (χ2n) is 5.80. The Morgan fingerprint density at radius 1 is 0.963 bits per heavy atom. The number of phenolic OH excluding ortho intramolecular Hbond substituents is 2. The molecular formula is C20H12Cl2N2O3. The maximum atomic E-state index is 9.82. The number of hydrogen-bond donors (Lipinski definition) is 2. The quantitative estimate of drug-likeness (QED) is 0.417. The minimum Gasteiger partial charge on any atom is -0.508 e. The van der Waals surface area contributed by atoms with Crippen molar-refractivity contribution in [1.82, 2.24) is 4.98 Å². The molecule has 7 heteroatoms. The van der Waals surface area contributed by atoms with Gasteiger partial charge in [-0.25, -0.2) is 4.98 Å². The molecule has 4 aromatic rings. The Labute approximate surface area is 164 Å². The van der Waals surface area contributed by atoms with Gasteiger partial charge in [0.15, 0.2) is 5.58 Å². The smallest absolute Gasteiger partial charge is 0.228 e. The van der Waals surface area contributed by atoms with E-state index < -0.39 is 0 Å². The topological polar surface area (TPSA) is 78.9 Å². The van der Waals surface area contributed by atoms with Crippen molar-refractivity contribution in [3.8, 4) is 23.0 Å². The molecule has 1 heterocycles. The summed E-state index contributed by atoms with van der Waals surface area (Å²) in [6.07, 6.45) is 1.51. The van der Waals surface area contributed by atoms with E-state index in [2.05, 4.69) is 9.98 Å². The van der Waals surface area contributed by atoms with Crippen LogP contribution in [0, 0.1) is 0 Å². The maximum Gasteiger partial charge on any atom is 0.228 e. The summed E-state index contributed by atoms with van der Waals surface area (Å²) in [6.45, 7) is 0. The van der Waals surface area contributed by atoms with E-state index >= 15 is 0 Å². The molecule has 0 aliphatic carbocycles. The lowest BCUT2D eigenvalue weighted by Gasteiger charge is -1.99. The van der Waals surface area contributed by atoms with E-state index in [4.69, 9.17) is 27.6 Å². The third kappa shape index (κ3) is 3.60. The van der Waals surface area contributed by atoms with Gasteiger partial charge in [0.25, 0.3) is 0 Å². The number of oxazole rings is 1. The van der Waals surface area contributed by atoms with Crippen molar-refractivity contribution in [2.24, 2.45) is 4.99 Å². The minimum atomic E-state index is -0.0547. The molecule has 1 aromatic heterocycles. The molecule has 0 atom stereocenters. The van der Waals surface area contributed by atoms with Crippen molar-refractivity contribution in [2.75, 3.05) is 0 Å². The van der Waals surface area contributed by atoms with Crippen molar-refractivity contribution in [1.29, 1.82) is 0 Å². The van der Waals surface area contributed by atoms with E-state index in [-0.39, 0.29) is 11.5 Å². The minimum absolute atomic E-state index is 0.0120. The molecule has 27 heavy (non-hydrogen) atoms. The molecule has 4 rings (SSSR count). The van der Waals surface area contributed by atoms with Crippen LogP contribution in [0.15, 0.2) is 64.0 Å². The van der Waals surface area contributed by atoms with Crippen LogP contribution in [0.25, 0.3) is 22.6 Å². The van der Waals surface area contributed by atoms with Gasteiger partial charge in [0.05, 0.1) is 16.3 Å². The highest BCUT2D eigenvalue weighted by molar-refractivity contribution is 6.36. The van der Waals surface area contributed by atoms with Crippen LogP contribution in [0.2, 0.25) is 10.0 Å². The Kier molecular flexibility index (Phi) is 4.48. The number of fused-ring (bicyclic) bond motifs is 1.